The molecule has 0 aliphatic carbocycles. The number of ether oxygens (including phenoxy) is 1. The number of nitrogen functional groups attached to an aromatic ring is 1. The molecule has 3 N–H and O–H groups in total. The Morgan fingerprint density at radius 3 is 2.62 bits per heavy atom. The number of piperidine rings is 1. The summed E-state index contributed by atoms with van der Waals surface area (Å²) in [4.78, 5) is 25.9. The van der Waals surface area contributed by atoms with Gasteiger partial charge in [0, 0.05) is 19.2 Å². The molecule has 6 nitrogen and oxygen atoms in total. The van der Waals surface area contributed by atoms with E-state index in [0.29, 0.717) is 22.9 Å². The highest BCUT2D eigenvalue weighted by Gasteiger charge is 2.16. The molecule has 0 spiro atoms. The molecule has 134 valence electrons. The molecule has 1 saturated heterocycles. The van der Waals surface area contributed by atoms with Crippen molar-refractivity contribution in [2.45, 2.75) is 19.3 Å². The van der Waals surface area contributed by atoms with Gasteiger partial charge in [0.25, 0.3) is 0 Å². The number of hydrogen-bond acceptors (Lipinski definition) is 5. The number of hydrogen-bond donors (Lipinski definition) is 2. The molecule has 0 aromatic heterocycles. The molecule has 1 aromatic carbocycles. The molecule has 0 radical (unpaired) electrons. The van der Waals surface area contributed by atoms with Crippen LogP contribution in [0, 0.1) is 0 Å². The number of carbonyl (C=O) groups excluding carboxylic acids is 2. The van der Waals surface area contributed by atoms with Gasteiger partial charge in [-0.3, -0.25) is 9.59 Å². The summed E-state index contributed by atoms with van der Waals surface area (Å²) < 4.78 is 5.11. The minimum atomic E-state index is -0.179. The van der Waals surface area contributed by atoms with Crippen molar-refractivity contribution in [3.05, 3.63) is 18.2 Å². The largest absolute Gasteiger partial charge is 0.497 e. The second-order valence-electron chi connectivity index (χ2n) is 5.44. The molecule has 0 saturated carbocycles. The highest BCUT2D eigenvalue weighted by atomic mass is 35.5. The van der Waals surface area contributed by atoms with Gasteiger partial charge < -0.3 is 20.7 Å². The topological polar surface area (TPSA) is 84.7 Å². The van der Waals surface area contributed by atoms with E-state index in [0.717, 1.165) is 25.9 Å². The van der Waals surface area contributed by atoms with Crippen LogP contribution in [-0.2, 0) is 9.59 Å². The zero-order valence-corrected chi connectivity index (χ0v) is 15.4. The Morgan fingerprint density at radius 1 is 1.25 bits per heavy atom. The molecule has 2 rings (SSSR count). The van der Waals surface area contributed by atoms with Gasteiger partial charge in [-0.15, -0.1) is 24.2 Å². The zero-order valence-electron chi connectivity index (χ0n) is 13.7. The molecule has 1 aliphatic heterocycles. The van der Waals surface area contributed by atoms with Gasteiger partial charge in [0.2, 0.25) is 11.8 Å². The van der Waals surface area contributed by atoms with E-state index in [2.05, 4.69) is 5.32 Å². The van der Waals surface area contributed by atoms with Crippen molar-refractivity contribution < 1.29 is 14.3 Å². The number of methoxy groups -OCH3 is 1. The molecule has 1 heterocycles. The highest BCUT2D eigenvalue weighted by Crippen LogP contribution is 2.24. The molecule has 0 bridgehead atoms. The first-order chi connectivity index (χ1) is 11.1. The Hall–Kier alpha value is -1.60. The number of likely N-dealkylation sites (tertiary alicyclic amines) is 1. The van der Waals surface area contributed by atoms with Crippen molar-refractivity contribution in [2.24, 2.45) is 0 Å². The quantitative estimate of drug-likeness (QED) is 0.748. The van der Waals surface area contributed by atoms with Gasteiger partial charge in [-0.2, -0.15) is 0 Å². The molecule has 24 heavy (non-hydrogen) atoms. The highest BCUT2D eigenvalue weighted by molar-refractivity contribution is 8.00. The van der Waals surface area contributed by atoms with Gasteiger partial charge in [-0.25, -0.2) is 0 Å². The van der Waals surface area contributed by atoms with E-state index < -0.39 is 0 Å². The maximum absolute atomic E-state index is 12.0. The SMILES string of the molecule is COc1ccc(N)c(NC(=O)CSCC(=O)N2CCCCC2)c1.Cl. The lowest BCUT2D eigenvalue weighted by Crippen LogP contribution is -2.37. The van der Waals surface area contributed by atoms with Gasteiger partial charge >= 0.3 is 0 Å². The molecule has 8 heteroatoms. The van der Waals surface area contributed by atoms with Crippen LogP contribution in [0.4, 0.5) is 11.4 Å². The second-order valence-corrected chi connectivity index (χ2v) is 6.42. The lowest BCUT2D eigenvalue weighted by atomic mass is 10.1. The van der Waals surface area contributed by atoms with E-state index in [1.165, 1.54) is 18.2 Å². The van der Waals surface area contributed by atoms with Crippen molar-refractivity contribution in [3.8, 4) is 5.75 Å². The summed E-state index contributed by atoms with van der Waals surface area (Å²) in [5.41, 5.74) is 6.83. The minimum absolute atomic E-state index is 0. The van der Waals surface area contributed by atoms with E-state index in [1.54, 1.807) is 25.3 Å². The predicted octanol–water partition coefficient (Wildman–Crippen LogP) is 2.38. The van der Waals surface area contributed by atoms with Crippen molar-refractivity contribution in [3.63, 3.8) is 0 Å². The molecule has 0 unspecified atom stereocenters. The van der Waals surface area contributed by atoms with E-state index in [4.69, 9.17) is 10.5 Å². The van der Waals surface area contributed by atoms with Crippen LogP contribution in [0.5, 0.6) is 5.75 Å². The monoisotopic (exact) mass is 373 g/mol. The lowest BCUT2D eigenvalue weighted by molar-refractivity contribution is -0.129. The summed E-state index contributed by atoms with van der Waals surface area (Å²) >= 11 is 1.32. The van der Waals surface area contributed by atoms with Gasteiger partial charge in [0.15, 0.2) is 0 Å². The van der Waals surface area contributed by atoms with Crippen LogP contribution in [0.25, 0.3) is 0 Å². The van der Waals surface area contributed by atoms with Crippen LogP contribution in [-0.4, -0.2) is 48.4 Å². The number of carbonyl (C=O) groups is 2. The first kappa shape index (κ1) is 20.4. The third kappa shape index (κ3) is 6.13. The number of amides is 2. The fraction of sp³-hybridized carbons (Fsp3) is 0.500. The third-order valence-corrected chi connectivity index (χ3v) is 4.62. The van der Waals surface area contributed by atoms with Crippen LogP contribution in [0.1, 0.15) is 19.3 Å². The smallest absolute Gasteiger partial charge is 0.234 e. The van der Waals surface area contributed by atoms with E-state index in [9.17, 15) is 9.59 Å². The van der Waals surface area contributed by atoms with Crippen molar-refractivity contribution in [1.82, 2.24) is 4.90 Å². The maximum Gasteiger partial charge on any atom is 0.234 e. The zero-order chi connectivity index (χ0) is 16.7. The number of thioether (sulfide) groups is 1. The summed E-state index contributed by atoms with van der Waals surface area (Å²) in [6.07, 6.45) is 3.35. The Kier molecular flexibility index (Phi) is 8.78. The van der Waals surface area contributed by atoms with Crippen LogP contribution in [0.2, 0.25) is 0 Å². The first-order valence-corrected chi connectivity index (χ1v) is 8.84. The molecular weight excluding hydrogens is 350 g/mol. The van der Waals surface area contributed by atoms with Gasteiger partial charge in [-0.05, 0) is 31.4 Å². The van der Waals surface area contributed by atoms with Crippen molar-refractivity contribution in [2.75, 3.05) is 42.8 Å². The molecule has 1 aromatic rings. The Balaban J connectivity index is 0.00000288. The molecule has 1 fully saturated rings. The summed E-state index contributed by atoms with van der Waals surface area (Å²) in [7, 11) is 1.55. The number of anilines is 2. The second kappa shape index (κ2) is 10.3. The summed E-state index contributed by atoms with van der Waals surface area (Å²) in [6.45, 7) is 1.68. The molecular formula is C16H24ClN3O3S. The Bertz CT molecular complexity index is 565. The standard InChI is InChI=1S/C16H23N3O3S.ClH/c1-22-12-5-6-13(17)14(9-12)18-15(20)10-23-11-16(21)19-7-3-2-4-8-19;/h5-6,9H,2-4,7-8,10-11,17H2,1H3,(H,18,20);1H. The number of rotatable bonds is 6. The normalized spacial score (nSPS) is 13.8. The maximum atomic E-state index is 12.0. The van der Waals surface area contributed by atoms with Crippen LogP contribution >= 0.6 is 24.2 Å². The van der Waals surface area contributed by atoms with Gasteiger partial charge in [0.1, 0.15) is 5.75 Å². The van der Waals surface area contributed by atoms with Crippen molar-refractivity contribution in [1.29, 1.82) is 0 Å². The average molecular weight is 374 g/mol. The van der Waals surface area contributed by atoms with Gasteiger partial charge in [0.05, 0.1) is 30.0 Å². The van der Waals surface area contributed by atoms with E-state index in [-0.39, 0.29) is 30.0 Å². The summed E-state index contributed by atoms with van der Waals surface area (Å²) in [5.74, 6) is 1.12. The fourth-order valence-corrected chi connectivity index (χ4v) is 3.14. The summed E-state index contributed by atoms with van der Waals surface area (Å²) in [6, 6.07) is 5.09. The minimum Gasteiger partial charge on any atom is -0.497 e. The first-order valence-electron chi connectivity index (χ1n) is 7.69. The predicted molar refractivity (Wildman–Crippen MR) is 101 cm³/mol. The van der Waals surface area contributed by atoms with Gasteiger partial charge in [-0.1, -0.05) is 0 Å². The lowest BCUT2D eigenvalue weighted by Gasteiger charge is -2.26. The van der Waals surface area contributed by atoms with Crippen molar-refractivity contribution >= 4 is 47.4 Å². The van der Waals surface area contributed by atoms with E-state index in [1.807, 2.05) is 4.90 Å². The Labute approximate surface area is 152 Å². The van der Waals surface area contributed by atoms with Crippen LogP contribution < -0.4 is 15.8 Å². The van der Waals surface area contributed by atoms with E-state index >= 15 is 0 Å². The number of halogens is 1. The Morgan fingerprint density at radius 2 is 1.96 bits per heavy atom. The number of nitrogens with two attached hydrogens (primary N) is 1. The number of benzene rings is 1. The fourth-order valence-electron chi connectivity index (χ4n) is 2.42. The molecule has 1 aliphatic rings. The van der Waals surface area contributed by atoms with Crippen LogP contribution in [0.3, 0.4) is 0 Å². The average Bonchev–Trinajstić information content (AvgIpc) is 2.57. The molecule has 0 atom stereocenters. The number of nitrogens with zero attached hydrogens (tertiary/aromatic N) is 1. The number of nitrogens with one attached hydrogen (secondary N) is 1. The molecule has 2 amide bonds. The van der Waals surface area contributed by atoms with Crippen LogP contribution in [0.15, 0.2) is 18.2 Å². The third-order valence-electron chi connectivity index (χ3n) is 3.70. The summed E-state index contributed by atoms with van der Waals surface area (Å²) in [5, 5.41) is 2.75.